The number of nitrogens with one attached hydrogen (secondary N) is 1. The number of nitrogens with zero attached hydrogens (tertiary/aromatic N) is 4. The maximum Gasteiger partial charge on any atom is 0.226 e. The molecule has 1 aromatic heterocycles. The number of amides is 1. The highest BCUT2D eigenvalue weighted by atomic mass is 16.1. The Hall–Kier alpha value is -2.16. The quantitative estimate of drug-likeness (QED) is 0.842. The topological polar surface area (TPSA) is 81.9 Å². The molecule has 1 saturated heterocycles. The zero-order chi connectivity index (χ0) is 13.8. The fourth-order valence-electron chi connectivity index (χ4n) is 2.33. The molecule has 1 aliphatic heterocycles. The normalized spacial score (nSPS) is 18.8. The van der Waals surface area contributed by atoms with Gasteiger partial charge in [-0.05, 0) is 25.8 Å². The lowest BCUT2D eigenvalue weighted by atomic mass is 9.97. The van der Waals surface area contributed by atoms with E-state index in [0.29, 0.717) is 18.2 Å². The first kappa shape index (κ1) is 13.3. The van der Waals surface area contributed by atoms with E-state index >= 15 is 0 Å². The molecule has 1 atom stereocenters. The molecular formula is C13H17N5O. The summed E-state index contributed by atoms with van der Waals surface area (Å²) in [6.07, 6.45) is 1.81. The van der Waals surface area contributed by atoms with E-state index in [1.807, 2.05) is 17.9 Å². The molecule has 1 fully saturated rings. The number of carbonyl (C=O) groups excluding carboxylic acids is 1. The fraction of sp³-hybridized carbons (Fsp3) is 0.538. The second kappa shape index (κ2) is 5.65. The van der Waals surface area contributed by atoms with E-state index in [9.17, 15) is 4.79 Å². The van der Waals surface area contributed by atoms with Crippen molar-refractivity contribution in [2.24, 2.45) is 5.92 Å². The van der Waals surface area contributed by atoms with E-state index in [4.69, 9.17) is 5.26 Å². The summed E-state index contributed by atoms with van der Waals surface area (Å²) in [5.74, 6) is 0.566. The molecular weight excluding hydrogens is 242 g/mol. The van der Waals surface area contributed by atoms with Gasteiger partial charge < -0.3 is 10.2 Å². The minimum Gasteiger partial charge on any atom is -0.359 e. The summed E-state index contributed by atoms with van der Waals surface area (Å²) in [7, 11) is 1.65. The molecule has 2 rings (SSSR count). The molecule has 0 radical (unpaired) electrons. The lowest BCUT2D eigenvalue weighted by Crippen LogP contribution is -2.43. The van der Waals surface area contributed by atoms with Crippen molar-refractivity contribution in [3.8, 4) is 6.07 Å². The predicted octanol–water partition coefficient (Wildman–Crippen LogP) is 0.619. The zero-order valence-corrected chi connectivity index (χ0v) is 11.2. The van der Waals surface area contributed by atoms with E-state index < -0.39 is 0 Å². The van der Waals surface area contributed by atoms with Gasteiger partial charge in [0.05, 0.1) is 5.92 Å². The third-order valence-electron chi connectivity index (χ3n) is 3.28. The molecule has 1 aliphatic rings. The van der Waals surface area contributed by atoms with Gasteiger partial charge in [0, 0.05) is 25.8 Å². The number of piperidine rings is 1. The maximum absolute atomic E-state index is 11.7. The lowest BCUT2D eigenvalue weighted by Gasteiger charge is -2.31. The molecule has 0 saturated carbocycles. The molecule has 6 heteroatoms. The monoisotopic (exact) mass is 259 g/mol. The SMILES string of the molecule is CNC(=O)C1CCCN(c2nc(C)cc(C#N)n2)C1. The van der Waals surface area contributed by atoms with Crippen LogP contribution in [-0.4, -0.2) is 36.0 Å². The lowest BCUT2D eigenvalue weighted by molar-refractivity contribution is -0.124. The van der Waals surface area contributed by atoms with Crippen molar-refractivity contribution in [1.82, 2.24) is 15.3 Å². The maximum atomic E-state index is 11.7. The highest BCUT2D eigenvalue weighted by Crippen LogP contribution is 2.21. The summed E-state index contributed by atoms with van der Waals surface area (Å²) in [6, 6.07) is 3.69. The average molecular weight is 259 g/mol. The molecule has 1 amide bonds. The summed E-state index contributed by atoms with van der Waals surface area (Å²) in [5.41, 5.74) is 1.13. The zero-order valence-electron chi connectivity index (χ0n) is 11.2. The van der Waals surface area contributed by atoms with Crippen LogP contribution in [0.1, 0.15) is 24.2 Å². The largest absolute Gasteiger partial charge is 0.359 e. The Morgan fingerprint density at radius 1 is 1.58 bits per heavy atom. The highest BCUT2D eigenvalue weighted by molar-refractivity contribution is 5.79. The Morgan fingerprint density at radius 3 is 3.05 bits per heavy atom. The van der Waals surface area contributed by atoms with Crippen molar-refractivity contribution < 1.29 is 4.79 Å². The van der Waals surface area contributed by atoms with Crippen LogP contribution in [0, 0.1) is 24.2 Å². The summed E-state index contributed by atoms with van der Waals surface area (Å²) in [4.78, 5) is 22.3. The van der Waals surface area contributed by atoms with Gasteiger partial charge in [-0.2, -0.15) is 5.26 Å². The van der Waals surface area contributed by atoms with Gasteiger partial charge >= 0.3 is 0 Å². The summed E-state index contributed by atoms with van der Waals surface area (Å²) in [6.45, 7) is 3.27. The predicted molar refractivity (Wildman–Crippen MR) is 70.5 cm³/mol. The van der Waals surface area contributed by atoms with Crippen LogP contribution in [0.4, 0.5) is 5.95 Å². The third-order valence-corrected chi connectivity index (χ3v) is 3.28. The Morgan fingerprint density at radius 2 is 2.37 bits per heavy atom. The van der Waals surface area contributed by atoms with Crippen molar-refractivity contribution in [3.05, 3.63) is 17.5 Å². The number of rotatable bonds is 2. The molecule has 1 N–H and O–H groups in total. The number of aryl methyl sites for hydroxylation is 1. The van der Waals surface area contributed by atoms with Crippen molar-refractivity contribution >= 4 is 11.9 Å². The Bertz CT molecular complexity index is 522. The minimum absolute atomic E-state index is 0.0339. The van der Waals surface area contributed by atoms with E-state index in [1.54, 1.807) is 13.1 Å². The van der Waals surface area contributed by atoms with Crippen LogP contribution in [0.3, 0.4) is 0 Å². The number of hydrogen-bond donors (Lipinski definition) is 1. The molecule has 19 heavy (non-hydrogen) atoms. The minimum atomic E-state index is -0.0339. The van der Waals surface area contributed by atoms with E-state index in [1.165, 1.54) is 0 Å². The van der Waals surface area contributed by atoms with E-state index in [-0.39, 0.29) is 11.8 Å². The van der Waals surface area contributed by atoms with Gasteiger partial charge in [-0.25, -0.2) is 9.97 Å². The number of nitriles is 1. The standard InChI is InChI=1S/C13H17N5O/c1-9-6-11(7-14)17-13(16-9)18-5-3-4-10(8-18)12(19)15-2/h6,10H,3-5,8H2,1-2H3,(H,15,19). The molecule has 1 aromatic rings. The van der Waals surface area contributed by atoms with Crippen molar-refractivity contribution in [2.45, 2.75) is 19.8 Å². The second-order valence-corrected chi connectivity index (χ2v) is 4.71. The van der Waals surface area contributed by atoms with Crippen LogP contribution in [0.25, 0.3) is 0 Å². The molecule has 2 heterocycles. The van der Waals surface area contributed by atoms with Crippen LogP contribution in [0.15, 0.2) is 6.07 Å². The first-order valence-electron chi connectivity index (χ1n) is 6.36. The molecule has 0 spiro atoms. The van der Waals surface area contributed by atoms with E-state index in [2.05, 4.69) is 15.3 Å². The molecule has 0 aromatic carbocycles. The van der Waals surface area contributed by atoms with Gasteiger partial charge in [-0.15, -0.1) is 0 Å². The smallest absolute Gasteiger partial charge is 0.226 e. The van der Waals surface area contributed by atoms with Gasteiger partial charge in [0.1, 0.15) is 11.8 Å². The van der Waals surface area contributed by atoms with Crippen LogP contribution >= 0.6 is 0 Å². The second-order valence-electron chi connectivity index (χ2n) is 4.71. The Balaban J connectivity index is 2.20. The van der Waals surface area contributed by atoms with Crippen molar-refractivity contribution in [2.75, 3.05) is 25.0 Å². The fourth-order valence-corrected chi connectivity index (χ4v) is 2.33. The average Bonchev–Trinajstić information content (AvgIpc) is 2.45. The van der Waals surface area contributed by atoms with Gasteiger partial charge in [0.25, 0.3) is 0 Å². The summed E-state index contributed by atoms with van der Waals surface area (Å²) >= 11 is 0. The third kappa shape index (κ3) is 2.99. The Labute approximate surface area is 112 Å². The van der Waals surface area contributed by atoms with Crippen LogP contribution in [0.2, 0.25) is 0 Å². The van der Waals surface area contributed by atoms with Crippen LogP contribution in [-0.2, 0) is 4.79 Å². The van der Waals surface area contributed by atoms with Gasteiger partial charge in [0.15, 0.2) is 0 Å². The number of anilines is 1. The van der Waals surface area contributed by atoms with Gasteiger partial charge in [0.2, 0.25) is 11.9 Å². The molecule has 6 nitrogen and oxygen atoms in total. The van der Waals surface area contributed by atoms with Gasteiger partial charge in [-0.1, -0.05) is 0 Å². The Kier molecular flexibility index (Phi) is 3.95. The summed E-state index contributed by atoms with van der Waals surface area (Å²) < 4.78 is 0. The number of hydrogen-bond acceptors (Lipinski definition) is 5. The van der Waals surface area contributed by atoms with Crippen molar-refractivity contribution in [1.29, 1.82) is 5.26 Å². The molecule has 1 unspecified atom stereocenters. The van der Waals surface area contributed by atoms with E-state index in [0.717, 1.165) is 25.1 Å². The van der Waals surface area contributed by atoms with Crippen LogP contribution < -0.4 is 10.2 Å². The molecule has 100 valence electrons. The first-order chi connectivity index (χ1) is 9.13. The van der Waals surface area contributed by atoms with Crippen molar-refractivity contribution in [3.63, 3.8) is 0 Å². The van der Waals surface area contributed by atoms with Crippen LogP contribution in [0.5, 0.6) is 0 Å². The van der Waals surface area contributed by atoms with Gasteiger partial charge in [-0.3, -0.25) is 4.79 Å². The first-order valence-corrected chi connectivity index (χ1v) is 6.36. The molecule has 0 aliphatic carbocycles. The summed E-state index contributed by atoms with van der Waals surface area (Å²) in [5, 5.41) is 11.6. The number of aromatic nitrogens is 2. The highest BCUT2D eigenvalue weighted by Gasteiger charge is 2.26. The molecule has 0 bridgehead atoms. The number of carbonyl (C=O) groups is 1.